The normalized spacial score (nSPS) is 32.0. The molecule has 0 bridgehead atoms. The molecule has 1 aliphatic rings. The van der Waals surface area contributed by atoms with Crippen molar-refractivity contribution in [2.45, 2.75) is 24.7 Å². The van der Waals surface area contributed by atoms with E-state index >= 15 is 0 Å². The van der Waals surface area contributed by atoms with E-state index < -0.39 is 0 Å². The first-order valence-electron chi connectivity index (χ1n) is 4.16. The fourth-order valence-electron chi connectivity index (χ4n) is 1.26. The Balaban J connectivity index is 2.30. The van der Waals surface area contributed by atoms with E-state index in [1.807, 2.05) is 0 Å². The highest BCUT2D eigenvalue weighted by Gasteiger charge is 2.27. The van der Waals surface area contributed by atoms with Crippen LogP contribution in [-0.4, -0.2) is 28.9 Å². The van der Waals surface area contributed by atoms with E-state index in [0.29, 0.717) is 6.61 Å². The topological polar surface area (TPSA) is 18.5 Å². The number of rotatable bonds is 3. The molecule has 2 nitrogen and oxygen atoms in total. The lowest BCUT2D eigenvalue weighted by Gasteiger charge is -2.33. The van der Waals surface area contributed by atoms with Crippen LogP contribution in [0.25, 0.3) is 0 Å². The van der Waals surface area contributed by atoms with Gasteiger partial charge in [-0.15, -0.1) is 6.58 Å². The van der Waals surface area contributed by atoms with Gasteiger partial charge in [0.1, 0.15) is 5.41 Å². The molecule has 0 aromatic carbocycles. The molecule has 0 spiro atoms. The third-order valence-corrected chi connectivity index (χ3v) is 3.02. The minimum absolute atomic E-state index is 0.202. The molecule has 1 aliphatic heterocycles. The summed E-state index contributed by atoms with van der Waals surface area (Å²) in [7, 11) is 0.952. The molecule has 0 amide bonds. The van der Waals surface area contributed by atoms with Crippen LogP contribution in [-0.2, 0) is 9.47 Å². The maximum absolute atomic E-state index is 5.56. The standard InChI is InChI=1S/C8H16O2Si/c1-2-6-9-8(11)5-3-4-7-10-8/h2H,1,3-7H2,11H3. The van der Waals surface area contributed by atoms with E-state index in [4.69, 9.17) is 9.47 Å². The van der Waals surface area contributed by atoms with E-state index in [-0.39, 0.29) is 5.41 Å². The van der Waals surface area contributed by atoms with Gasteiger partial charge in [0, 0.05) is 6.61 Å². The van der Waals surface area contributed by atoms with Crippen molar-refractivity contribution in [1.82, 2.24) is 0 Å². The monoisotopic (exact) mass is 172 g/mol. The van der Waals surface area contributed by atoms with Crippen molar-refractivity contribution in [3.63, 3.8) is 0 Å². The molecule has 0 aromatic heterocycles. The van der Waals surface area contributed by atoms with E-state index in [1.165, 1.54) is 12.8 Å². The van der Waals surface area contributed by atoms with Gasteiger partial charge in [0.05, 0.1) is 16.8 Å². The highest BCUT2D eigenvalue weighted by molar-refractivity contribution is 6.13. The first kappa shape index (κ1) is 8.97. The molecule has 0 aliphatic carbocycles. The van der Waals surface area contributed by atoms with Crippen molar-refractivity contribution in [3.8, 4) is 0 Å². The van der Waals surface area contributed by atoms with E-state index in [1.54, 1.807) is 6.08 Å². The van der Waals surface area contributed by atoms with E-state index in [0.717, 1.165) is 23.3 Å². The summed E-state index contributed by atoms with van der Waals surface area (Å²) in [4.78, 5) is 0. The Labute approximate surface area is 71.0 Å². The molecule has 1 saturated heterocycles. The lowest BCUT2D eigenvalue weighted by atomic mass is 10.2. The SMILES string of the molecule is C=CCOC1([SiH3])CCCCO1. The van der Waals surface area contributed by atoms with Crippen molar-refractivity contribution < 1.29 is 9.47 Å². The molecule has 1 atom stereocenters. The Bertz CT molecular complexity index is 130. The second-order valence-corrected chi connectivity index (χ2v) is 4.56. The summed E-state index contributed by atoms with van der Waals surface area (Å²) < 4.78 is 11.1. The molecule has 0 saturated carbocycles. The van der Waals surface area contributed by atoms with Gasteiger partial charge in [-0.05, 0) is 19.3 Å². The van der Waals surface area contributed by atoms with Crippen LogP contribution in [0, 0.1) is 0 Å². The molecular weight excluding hydrogens is 156 g/mol. The van der Waals surface area contributed by atoms with Crippen molar-refractivity contribution in [3.05, 3.63) is 12.7 Å². The van der Waals surface area contributed by atoms with Gasteiger partial charge < -0.3 is 9.47 Å². The van der Waals surface area contributed by atoms with Crippen molar-refractivity contribution >= 4 is 10.2 Å². The molecule has 1 unspecified atom stereocenters. The van der Waals surface area contributed by atoms with Gasteiger partial charge in [-0.2, -0.15) is 0 Å². The molecule has 1 fully saturated rings. The van der Waals surface area contributed by atoms with Gasteiger partial charge in [-0.25, -0.2) is 0 Å². The molecule has 0 radical (unpaired) electrons. The first-order chi connectivity index (χ1) is 5.27. The highest BCUT2D eigenvalue weighted by Crippen LogP contribution is 2.22. The first-order valence-corrected chi connectivity index (χ1v) is 5.16. The van der Waals surface area contributed by atoms with Crippen molar-refractivity contribution in [2.75, 3.05) is 13.2 Å². The summed E-state index contributed by atoms with van der Waals surface area (Å²) in [6.07, 6.45) is 5.26. The van der Waals surface area contributed by atoms with Gasteiger partial charge in [0.25, 0.3) is 0 Å². The van der Waals surface area contributed by atoms with Crippen LogP contribution in [0.3, 0.4) is 0 Å². The summed E-state index contributed by atoms with van der Waals surface area (Å²) in [5.41, 5.74) is -0.202. The number of ether oxygens (including phenoxy) is 2. The van der Waals surface area contributed by atoms with E-state index in [2.05, 4.69) is 6.58 Å². The van der Waals surface area contributed by atoms with Crippen LogP contribution in [0.4, 0.5) is 0 Å². The van der Waals surface area contributed by atoms with Crippen LogP contribution in [0.2, 0.25) is 0 Å². The fraction of sp³-hybridized carbons (Fsp3) is 0.750. The molecule has 0 aromatic rings. The van der Waals surface area contributed by atoms with Gasteiger partial charge in [-0.1, -0.05) is 6.08 Å². The second kappa shape index (κ2) is 4.04. The Kier molecular flexibility index (Phi) is 3.30. The molecule has 11 heavy (non-hydrogen) atoms. The molecule has 1 heterocycles. The van der Waals surface area contributed by atoms with Crippen LogP contribution in [0.1, 0.15) is 19.3 Å². The van der Waals surface area contributed by atoms with Gasteiger partial charge >= 0.3 is 0 Å². The lowest BCUT2D eigenvalue weighted by molar-refractivity contribution is -0.191. The minimum Gasteiger partial charge on any atom is -0.355 e. The highest BCUT2D eigenvalue weighted by atomic mass is 28.1. The Hall–Kier alpha value is -0.123. The zero-order chi connectivity index (χ0) is 8.16. The summed E-state index contributed by atoms with van der Waals surface area (Å²) in [6, 6.07) is 0. The van der Waals surface area contributed by atoms with Crippen molar-refractivity contribution in [2.24, 2.45) is 0 Å². The van der Waals surface area contributed by atoms with Crippen molar-refractivity contribution in [1.29, 1.82) is 0 Å². The average Bonchev–Trinajstić information content (AvgIpc) is 2.03. The van der Waals surface area contributed by atoms with Crippen LogP contribution >= 0.6 is 0 Å². The Morgan fingerprint density at radius 1 is 1.64 bits per heavy atom. The van der Waals surface area contributed by atoms with Gasteiger partial charge in [0.2, 0.25) is 0 Å². The minimum atomic E-state index is -0.202. The van der Waals surface area contributed by atoms with Crippen LogP contribution < -0.4 is 0 Å². The smallest absolute Gasteiger partial charge is 0.142 e. The average molecular weight is 172 g/mol. The van der Waals surface area contributed by atoms with Gasteiger partial charge in [0.15, 0.2) is 0 Å². The number of hydrogen-bond donors (Lipinski definition) is 0. The predicted molar refractivity (Wildman–Crippen MR) is 48.6 cm³/mol. The summed E-state index contributed by atoms with van der Waals surface area (Å²) in [6.45, 7) is 5.09. The van der Waals surface area contributed by atoms with Gasteiger partial charge in [-0.3, -0.25) is 0 Å². The lowest BCUT2D eigenvalue weighted by Crippen LogP contribution is -2.39. The molecule has 0 N–H and O–H groups in total. The fourth-order valence-corrected chi connectivity index (χ4v) is 1.98. The third kappa shape index (κ3) is 2.77. The number of hydrogen-bond acceptors (Lipinski definition) is 2. The maximum atomic E-state index is 5.56. The molecule has 3 heteroatoms. The summed E-state index contributed by atoms with van der Waals surface area (Å²) in [5, 5.41) is 0. The quantitative estimate of drug-likeness (QED) is 0.453. The second-order valence-electron chi connectivity index (χ2n) is 3.04. The Morgan fingerprint density at radius 3 is 3.00 bits per heavy atom. The predicted octanol–water partition coefficient (Wildman–Crippen LogP) is 0.409. The summed E-state index contributed by atoms with van der Waals surface area (Å²) in [5.74, 6) is 0. The zero-order valence-electron chi connectivity index (χ0n) is 7.14. The molecular formula is C8H16O2Si. The molecule has 64 valence electrons. The Morgan fingerprint density at radius 2 is 2.45 bits per heavy atom. The van der Waals surface area contributed by atoms with Crippen LogP contribution in [0.5, 0.6) is 0 Å². The summed E-state index contributed by atoms with van der Waals surface area (Å²) >= 11 is 0. The molecule has 1 rings (SSSR count). The zero-order valence-corrected chi connectivity index (χ0v) is 9.14. The largest absolute Gasteiger partial charge is 0.355 e. The third-order valence-electron chi connectivity index (χ3n) is 1.94. The van der Waals surface area contributed by atoms with Crippen LogP contribution in [0.15, 0.2) is 12.7 Å². The maximum Gasteiger partial charge on any atom is 0.142 e. The van der Waals surface area contributed by atoms with E-state index in [9.17, 15) is 0 Å².